The van der Waals surface area contributed by atoms with Crippen molar-refractivity contribution in [3.63, 3.8) is 0 Å². The normalized spacial score (nSPS) is 20.8. The zero-order valence-electron chi connectivity index (χ0n) is 8.88. The summed E-state index contributed by atoms with van der Waals surface area (Å²) >= 11 is 0. The smallest absolute Gasteiger partial charge is 0.159 e. The SMILES string of the molecule is C=CCC1=C[C@@H](CC(=C)CC)CC1=O. The fourth-order valence-electron chi connectivity index (χ4n) is 1.79. The average molecular weight is 190 g/mol. The second-order valence-electron chi connectivity index (χ2n) is 3.88. The van der Waals surface area contributed by atoms with Crippen molar-refractivity contribution >= 4 is 5.78 Å². The van der Waals surface area contributed by atoms with Gasteiger partial charge in [0.25, 0.3) is 0 Å². The molecule has 0 unspecified atom stereocenters. The molecule has 0 fully saturated rings. The number of hydrogen-bond acceptors (Lipinski definition) is 1. The summed E-state index contributed by atoms with van der Waals surface area (Å²) in [5, 5.41) is 0. The minimum atomic E-state index is 0.291. The molecule has 0 saturated carbocycles. The van der Waals surface area contributed by atoms with Gasteiger partial charge in [-0.15, -0.1) is 6.58 Å². The van der Waals surface area contributed by atoms with Gasteiger partial charge in [-0.1, -0.05) is 31.2 Å². The summed E-state index contributed by atoms with van der Waals surface area (Å²) in [6.45, 7) is 9.73. The molecule has 0 heterocycles. The highest BCUT2D eigenvalue weighted by atomic mass is 16.1. The molecule has 76 valence electrons. The Kier molecular flexibility index (Phi) is 3.87. The highest BCUT2D eigenvalue weighted by Gasteiger charge is 2.22. The van der Waals surface area contributed by atoms with Crippen molar-refractivity contribution in [1.29, 1.82) is 0 Å². The van der Waals surface area contributed by atoms with Gasteiger partial charge in [-0.25, -0.2) is 0 Å². The lowest BCUT2D eigenvalue weighted by Gasteiger charge is -2.06. The van der Waals surface area contributed by atoms with Crippen molar-refractivity contribution in [2.75, 3.05) is 0 Å². The van der Waals surface area contributed by atoms with Gasteiger partial charge in [0.05, 0.1) is 0 Å². The van der Waals surface area contributed by atoms with Crippen LogP contribution in [0.3, 0.4) is 0 Å². The van der Waals surface area contributed by atoms with Gasteiger partial charge in [-0.2, -0.15) is 0 Å². The van der Waals surface area contributed by atoms with Crippen molar-refractivity contribution in [2.45, 2.75) is 32.6 Å². The molecule has 0 saturated heterocycles. The summed E-state index contributed by atoms with van der Waals surface area (Å²) in [5.74, 6) is 0.684. The molecule has 1 atom stereocenters. The van der Waals surface area contributed by atoms with E-state index in [2.05, 4.69) is 26.2 Å². The summed E-state index contributed by atoms with van der Waals surface area (Å²) in [7, 11) is 0. The van der Waals surface area contributed by atoms with Crippen LogP contribution in [0.25, 0.3) is 0 Å². The zero-order valence-corrected chi connectivity index (χ0v) is 8.88. The first-order valence-electron chi connectivity index (χ1n) is 5.18. The third-order valence-corrected chi connectivity index (χ3v) is 2.66. The van der Waals surface area contributed by atoms with Crippen molar-refractivity contribution in [2.24, 2.45) is 5.92 Å². The molecule has 1 aliphatic carbocycles. The van der Waals surface area contributed by atoms with E-state index in [1.807, 2.05) is 0 Å². The van der Waals surface area contributed by atoms with Crippen LogP contribution in [0.1, 0.15) is 32.6 Å². The monoisotopic (exact) mass is 190 g/mol. The maximum Gasteiger partial charge on any atom is 0.159 e. The maximum absolute atomic E-state index is 11.5. The quantitative estimate of drug-likeness (QED) is 0.607. The minimum Gasteiger partial charge on any atom is -0.295 e. The van der Waals surface area contributed by atoms with E-state index in [1.165, 1.54) is 5.57 Å². The third-order valence-electron chi connectivity index (χ3n) is 2.66. The molecule has 1 aliphatic rings. The summed E-state index contributed by atoms with van der Waals surface area (Å²) in [5.41, 5.74) is 2.17. The second kappa shape index (κ2) is 4.94. The summed E-state index contributed by atoms with van der Waals surface area (Å²) < 4.78 is 0. The summed E-state index contributed by atoms with van der Waals surface area (Å²) in [6, 6.07) is 0. The van der Waals surface area contributed by atoms with Gasteiger partial charge >= 0.3 is 0 Å². The molecule has 0 radical (unpaired) electrons. The first kappa shape index (κ1) is 11.0. The summed E-state index contributed by atoms with van der Waals surface area (Å²) in [4.78, 5) is 11.5. The molecule has 0 bridgehead atoms. The Labute approximate surface area is 86.2 Å². The molecule has 0 spiro atoms. The highest BCUT2D eigenvalue weighted by molar-refractivity contribution is 5.98. The molecule has 14 heavy (non-hydrogen) atoms. The van der Waals surface area contributed by atoms with Gasteiger partial charge in [0.1, 0.15) is 0 Å². The highest BCUT2D eigenvalue weighted by Crippen LogP contribution is 2.28. The fraction of sp³-hybridized carbons (Fsp3) is 0.462. The van der Waals surface area contributed by atoms with E-state index in [-0.39, 0.29) is 0 Å². The number of carbonyl (C=O) groups is 1. The molecule has 0 aromatic rings. The van der Waals surface area contributed by atoms with Gasteiger partial charge in [0.15, 0.2) is 5.78 Å². The van der Waals surface area contributed by atoms with Crippen LogP contribution in [0, 0.1) is 5.92 Å². The topological polar surface area (TPSA) is 17.1 Å². The largest absolute Gasteiger partial charge is 0.295 e. The summed E-state index contributed by atoms with van der Waals surface area (Å²) in [6.07, 6.45) is 7.25. The number of Topliss-reactive ketones (excluding diaryl/α,β-unsaturated/α-hetero) is 1. The van der Waals surface area contributed by atoms with E-state index in [0.29, 0.717) is 24.5 Å². The average Bonchev–Trinajstić information content (AvgIpc) is 2.47. The molecule has 1 nitrogen and oxygen atoms in total. The molecule has 0 aromatic carbocycles. The predicted molar refractivity (Wildman–Crippen MR) is 60.1 cm³/mol. The van der Waals surface area contributed by atoms with E-state index in [1.54, 1.807) is 6.08 Å². The third kappa shape index (κ3) is 2.69. The first-order valence-corrected chi connectivity index (χ1v) is 5.18. The van der Waals surface area contributed by atoms with Crippen LogP contribution in [0.5, 0.6) is 0 Å². The van der Waals surface area contributed by atoms with Crippen LogP contribution in [-0.2, 0) is 4.79 Å². The van der Waals surface area contributed by atoms with Crippen LogP contribution in [0.15, 0.2) is 36.5 Å². The van der Waals surface area contributed by atoms with Crippen molar-refractivity contribution in [3.05, 3.63) is 36.5 Å². The Morgan fingerprint density at radius 2 is 2.43 bits per heavy atom. The molecular formula is C13H18O. The van der Waals surface area contributed by atoms with Crippen LogP contribution in [0.2, 0.25) is 0 Å². The van der Waals surface area contributed by atoms with Crippen molar-refractivity contribution < 1.29 is 4.79 Å². The number of ketones is 1. The number of hydrogen-bond donors (Lipinski definition) is 0. The van der Waals surface area contributed by atoms with Gasteiger partial charge in [-0.05, 0) is 30.8 Å². The number of carbonyl (C=O) groups excluding carboxylic acids is 1. The molecule has 0 aromatic heterocycles. The van der Waals surface area contributed by atoms with Crippen LogP contribution < -0.4 is 0 Å². The lowest BCUT2D eigenvalue weighted by molar-refractivity contribution is -0.115. The molecular weight excluding hydrogens is 172 g/mol. The fourth-order valence-corrected chi connectivity index (χ4v) is 1.79. The van der Waals surface area contributed by atoms with E-state index in [0.717, 1.165) is 18.4 Å². The Bertz CT molecular complexity index is 284. The molecule has 1 heteroatoms. The van der Waals surface area contributed by atoms with E-state index in [9.17, 15) is 4.79 Å². The van der Waals surface area contributed by atoms with Gasteiger partial charge in [0.2, 0.25) is 0 Å². The molecule has 1 rings (SSSR count). The van der Waals surface area contributed by atoms with Crippen LogP contribution in [-0.4, -0.2) is 5.78 Å². The standard InChI is InChI=1S/C13H18O/c1-4-6-12-8-11(9-13(12)14)7-10(3)5-2/h4,8,11H,1,3,5-7,9H2,2H3/t11-/m1/s1. The maximum atomic E-state index is 11.5. The van der Waals surface area contributed by atoms with Gasteiger partial charge < -0.3 is 0 Å². The number of allylic oxidation sites excluding steroid dienone is 4. The van der Waals surface area contributed by atoms with Crippen molar-refractivity contribution in [1.82, 2.24) is 0 Å². The molecule has 0 amide bonds. The Balaban J connectivity index is 2.55. The second-order valence-corrected chi connectivity index (χ2v) is 3.88. The van der Waals surface area contributed by atoms with Crippen LogP contribution >= 0.6 is 0 Å². The van der Waals surface area contributed by atoms with E-state index >= 15 is 0 Å². The molecule has 0 aliphatic heterocycles. The predicted octanol–water partition coefficient (Wildman–Crippen LogP) is 3.43. The molecule has 0 N–H and O–H groups in total. The van der Waals surface area contributed by atoms with Gasteiger partial charge in [0, 0.05) is 6.42 Å². The van der Waals surface area contributed by atoms with Crippen LogP contribution in [0.4, 0.5) is 0 Å². The lowest BCUT2D eigenvalue weighted by Crippen LogP contribution is -1.99. The van der Waals surface area contributed by atoms with Crippen molar-refractivity contribution in [3.8, 4) is 0 Å². The Morgan fingerprint density at radius 3 is 3.00 bits per heavy atom. The zero-order chi connectivity index (χ0) is 10.6. The Hall–Kier alpha value is -1.11. The van der Waals surface area contributed by atoms with E-state index < -0.39 is 0 Å². The number of rotatable bonds is 5. The van der Waals surface area contributed by atoms with Gasteiger partial charge in [-0.3, -0.25) is 4.79 Å². The minimum absolute atomic E-state index is 0.291. The Morgan fingerprint density at radius 1 is 1.71 bits per heavy atom. The first-order chi connectivity index (χ1) is 6.67. The van der Waals surface area contributed by atoms with E-state index in [4.69, 9.17) is 0 Å². The lowest BCUT2D eigenvalue weighted by atomic mass is 9.98.